The van der Waals surface area contributed by atoms with E-state index in [1.807, 2.05) is 0 Å². The zero-order valence-corrected chi connectivity index (χ0v) is 14.2. The normalized spacial score (nSPS) is 11.2. The molecule has 0 radical (unpaired) electrons. The Morgan fingerprint density at radius 1 is 1.16 bits per heavy atom. The molecule has 4 N–H and O–H groups in total. The number of carbonyl (C=O) groups is 1. The molecule has 25 heavy (non-hydrogen) atoms. The Hall–Kier alpha value is -2.49. The first-order valence-corrected chi connectivity index (χ1v) is 9.14. The van der Waals surface area contributed by atoms with Crippen LogP contribution < -0.4 is 16.0 Å². The molecular weight excluding hydrogens is 346 g/mol. The third kappa shape index (κ3) is 7.29. The van der Waals surface area contributed by atoms with Gasteiger partial charge in [0.2, 0.25) is 21.5 Å². The van der Waals surface area contributed by atoms with E-state index in [2.05, 4.69) is 10.3 Å². The Morgan fingerprint density at radius 2 is 1.92 bits per heavy atom. The number of aromatic nitrogens is 1. The molecule has 0 saturated carbocycles. The van der Waals surface area contributed by atoms with Crippen molar-refractivity contribution in [3.63, 3.8) is 0 Å². The fraction of sp³-hybridized carbons (Fsp3) is 0.250. The molecule has 1 aromatic carbocycles. The van der Waals surface area contributed by atoms with Crippen molar-refractivity contribution in [3.05, 3.63) is 69.6 Å². The minimum Gasteiger partial charge on any atom is -0.367 e. The molecule has 0 atom stereocenters. The summed E-state index contributed by atoms with van der Waals surface area (Å²) in [7, 11) is -3.60. The third-order valence-electron chi connectivity index (χ3n) is 3.19. The van der Waals surface area contributed by atoms with E-state index >= 15 is 0 Å². The molecular formula is C16H19N3O5S. The first kappa shape index (κ1) is 18.8. The van der Waals surface area contributed by atoms with Crippen LogP contribution in [-0.2, 0) is 38.5 Å². The Balaban J connectivity index is 1.78. The van der Waals surface area contributed by atoms with Crippen molar-refractivity contribution in [3.8, 4) is 0 Å². The molecule has 1 amide bonds. The van der Waals surface area contributed by atoms with Crippen LogP contribution in [0.3, 0.4) is 0 Å². The van der Waals surface area contributed by atoms with Crippen LogP contribution >= 0.6 is 0 Å². The van der Waals surface area contributed by atoms with Gasteiger partial charge in [0, 0.05) is 18.8 Å². The van der Waals surface area contributed by atoms with E-state index in [0.717, 1.165) is 5.56 Å². The minimum atomic E-state index is -3.60. The lowest BCUT2D eigenvalue weighted by atomic mass is 10.1. The number of nitrogens with one attached hydrogen (secondary N) is 2. The highest BCUT2D eigenvalue weighted by Crippen LogP contribution is 2.07. The Morgan fingerprint density at radius 3 is 2.64 bits per heavy atom. The SMILES string of the molecule is NS(=O)(=O)Cc1cccc(CNC(=O)COCc2cc[nH]c(=O)c2)c1. The van der Waals surface area contributed by atoms with Gasteiger partial charge in [-0.2, -0.15) is 0 Å². The lowest BCUT2D eigenvalue weighted by Gasteiger charge is -2.08. The number of H-pyrrole nitrogens is 1. The van der Waals surface area contributed by atoms with Gasteiger partial charge < -0.3 is 15.0 Å². The topological polar surface area (TPSA) is 131 Å². The average molecular weight is 365 g/mol. The quantitative estimate of drug-likeness (QED) is 0.606. The number of nitrogens with two attached hydrogens (primary N) is 1. The van der Waals surface area contributed by atoms with E-state index in [4.69, 9.17) is 9.88 Å². The summed E-state index contributed by atoms with van der Waals surface area (Å²) >= 11 is 0. The maximum atomic E-state index is 11.8. The molecule has 0 aliphatic rings. The second kappa shape index (κ2) is 8.56. The smallest absolute Gasteiger partial charge is 0.248 e. The molecule has 8 nitrogen and oxygen atoms in total. The van der Waals surface area contributed by atoms with Gasteiger partial charge in [-0.25, -0.2) is 13.6 Å². The highest BCUT2D eigenvalue weighted by atomic mass is 32.2. The van der Waals surface area contributed by atoms with Crippen LogP contribution in [-0.4, -0.2) is 25.9 Å². The molecule has 0 spiro atoms. The summed E-state index contributed by atoms with van der Waals surface area (Å²) in [4.78, 5) is 25.4. The van der Waals surface area contributed by atoms with Crippen molar-refractivity contribution in [2.24, 2.45) is 5.14 Å². The Labute approximate surface area is 145 Å². The van der Waals surface area contributed by atoms with Gasteiger partial charge in [-0.05, 0) is 22.8 Å². The van der Waals surface area contributed by atoms with Crippen molar-refractivity contribution in [1.82, 2.24) is 10.3 Å². The van der Waals surface area contributed by atoms with Crippen LogP contribution in [0.5, 0.6) is 0 Å². The number of rotatable bonds is 8. The summed E-state index contributed by atoms with van der Waals surface area (Å²) in [5.74, 6) is -0.574. The minimum absolute atomic E-state index is 0.149. The van der Waals surface area contributed by atoms with E-state index in [1.54, 1.807) is 30.3 Å². The number of hydrogen-bond acceptors (Lipinski definition) is 5. The van der Waals surface area contributed by atoms with E-state index in [0.29, 0.717) is 11.1 Å². The van der Waals surface area contributed by atoms with Crippen LogP contribution in [0.25, 0.3) is 0 Å². The molecule has 134 valence electrons. The first-order chi connectivity index (χ1) is 11.8. The molecule has 2 aromatic rings. The predicted octanol–water partition coefficient (Wildman–Crippen LogP) is -0.00360. The highest BCUT2D eigenvalue weighted by molar-refractivity contribution is 7.88. The van der Waals surface area contributed by atoms with Gasteiger partial charge in [0.25, 0.3) is 0 Å². The van der Waals surface area contributed by atoms with Crippen molar-refractivity contribution < 1.29 is 17.9 Å². The molecule has 0 bridgehead atoms. The fourth-order valence-electron chi connectivity index (χ4n) is 2.15. The zero-order valence-electron chi connectivity index (χ0n) is 13.4. The van der Waals surface area contributed by atoms with Gasteiger partial charge in [-0.15, -0.1) is 0 Å². The number of primary sulfonamides is 1. The fourth-order valence-corrected chi connectivity index (χ4v) is 2.80. The van der Waals surface area contributed by atoms with E-state index in [1.165, 1.54) is 12.3 Å². The number of benzene rings is 1. The van der Waals surface area contributed by atoms with Gasteiger partial charge in [0.1, 0.15) is 6.61 Å². The summed E-state index contributed by atoms with van der Waals surface area (Å²) in [6, 6.07) is 9.88. The van der Waals surface area contributed by atoms with E-state index in [-0.39, 0.29) is 37.0 Å². The standard InChI is InChI=1S/C16H19N3O5S/c17-25(22,23)11-14-3-1-2-12(6-14)8-19-16(21)10-24-9-13-4-5-18-15(20)7-13/h1-7H,8-11H2,(H,18,20)(H,19,21)(H2,17,22,23). The Bertz CT molecular complexity index is 892. The van der Waals surface area contributed by atoms with Crippen molar-refractivity contribution in [2.45, 2.75) is 18.9 Å². The van der Waals surface area contributed by atoms with Crippen molar-refractivity contribution in [2.75, 3.05) is 6.61 Å². The summed E-state index contributed by atoms with van der Waals surface area (Å²) in [5, 5.41) is 7.69. The summed E-state index contributed by atoms with van der Waals surface area (Å²) < 4.78 is 27.5. The zero-order chi connectivity index (χ0) is 18.3. The van der Waals surface area contributed by atoms with Crippen LogP contribution in [0.1, 0.15) is 16.7 Å². The van der Waals surface area contributed by atoms with Crippen LogP contribution in [0.15, 0.2) is 47.4 Å². The summed E-state index contributed by atoms with van der Waals surface area (Å²) in [6.07, 6.45) is 1.51. The maximum absolute atomic E-state index is 11.8. The number of ether oxygens (including phenoxy) is 1. The number of hydrogen-bond donors (Lipinski definition) is 3. The first-order valence-electron chi connectivity index (χ1n) is 7.42. The highest BCUT2D eigenvalue weighted by Gasteiger charge is 2.07. The van der Waals surface area contributed by atoms with Gasteiger partial charge in [0.15, 0.2) is 0 Å². The maximum Gasteiger partial charge on any atom is 0.248 e. The van der Waals surface area contributed by atoms with E-state index < -0.39 is 10.0 Å². The average Bonchev–Trinajstić information content (AvgIpc) is 2.52. The van der Waals surface area contributed by atoms with Crippen molar-refractivity contribution >= 4 is 15.9 Å². The second-order valence-electron chi connectivity index (χ2n) is 5.46. The molecule has 9 heteroatoms. The largest absolute Gasteiger partial charge is 0.367 e. The van der Waals surface area contributed by atoms with Crippen LogP contribution in [0.2, 0.25) is 0 Å². The number of carbonyl (C=O) groups excluding carboxylic acids is 1. The van der Waals surface area contributed by atoms with Crippen molar-refractivity contribution in [1.29, 1.82) is 0 Å². The predicted molar refractivity (Wildman–Crippen MR) is 91.8 cm³/mol. The number of sulfonamides is 1. The van der Waals surface area contributed by atoms with Crippen LogP contribution in [0, 0.1) is 0 Å². The van der Waals surface area contributed by atoms with E-state index in [9.17, 15) is 18.0 Å². The molecule has 0 aliphatic heterocycles. The lowest BCUT2D eigenvalue weighted by molar-refractivity contribution is -0.126. The number of amides is 1. The lowest BCUT2D eigenvalue weighted by Crippen LogP contribution is -2.27. The van der Waals surface area contributed by atoms with Gasteiger partial charge in [-0.3, -0.25) is 9.59 Å². The molecule has 1 aromatic heterocycles. The number of pyridine rings is 1. The molecule has 0 fully saturated rings. The molecule has 0 saturated heterocycles. The number of aromatic amines is 1. The molecule has 1 heterocycles. The monoisotopic (exact) mass is 365 g/mol. The Kier molecular flexibility index (Phi) is 6.45. The molecule has 2 rings (SSSR count). The van der Waals surface area contributed by atoms with Gasteiger partial charge >= 0.3 is 0 Å². The molecule has 0 unspecified atom stereocenters. The summed E-state index contributed by atoms with van der Waals surface area (Å²) in [6.45, 7) is 0.247. The van der Waals surface area contributed by atoms with Gasteiger partial charge in [-0.1, -0.05) is 24.3 Å². The summed E-state index contributed by atoms with van der Waals surface area (Å²) in [5.41, 5.74) is 1.75. The van der Waals surface area contributed by atoms with Gasteiger partial charge in [0.05, 0.1) is 12.4 Å². The van der Waals surface area contributed by atoms with Crippen LogP contribution in [0.4, 0.5) is 0 Å². The molecule has 0 aliphatic carbocycles. The third-order valence-corrected chi connectivity index (χ3v) is 3.93. The second-order valence-corrected chi connectivity index (χ2v) is 7.07.